The first-order valence-electron chi connectivity index (χ1n) is 8.36. The average Bonchev–Trinajstić information content (AvgIpc) is 2.68. The molecule has 1 amide bonds. The minimum atomic E-state index is -0.544. The summed E-state index contributed by atoms with van der Waals surface area (Å²) in [6.07, 6.45) is 0. The maximum atomic E-state index is 13.0. The van der Waals surface area contributed by atoms with Crippen LogP contribution in [0.3, 0.4) is 0 Å². The Morgan fingerprint density at radius 3 is 2.28 bits per heavy atom. The average molecular weight is 335 g/mol. The van der Waals surface area contributed by atoms with Crippen molar-refractivity contribution >= 4 is 11.7 Å². The normalized spacial score (nSPS) is 14.9. The van der Waals surface area contributed by atoms with Crippen LogP contribution in [0.25, 0.3) is 0 Å². The van der Waals surface area contributed by atoms with Gasteiger partial charge in [-0.2, -0.15) is 5.26 Å². The fourth-order valence-corrected chi connectivity index (χ4v) is 3.07. The Kier molecular flexibility index (Phi) is 4.66. The summed E-state index contributed by atoms with van der Waals surface area (Å²) in [5, 5.41) is 16.8. The van der Waals surface area contributed by atoms with Crippen molar-refractivity contribution in [1.29, 1.82) is 5.26 Å². The zero-order chi connectivity index (χ0) is 17.9. The second-order valence-corrected chi connectivity index (χ2v) is 6.66. The van der Waals surface area contributed by atoms with Gasteiger partial charge < -0.3 is 9.80 Å². The van der Waals surface area contributed by atoms with Gasteiger partial charge in [-0.3, -0.25) is 4.79 Å². The number of nitriles is 1. The molecule has 0 spiro atoms. The molecule has 1 saturated heterocycles. The Labute approximate surface area is 147 Å². The molecule has 1 aliphatic heterocycles. The smallest absolute Gasteiger partial charge is 0.232 e. The molecule has 1 aromatic heterocycles. The number of benzene rings is 1. The number of piperazine rings is 1. The molecule has 0 aliphatic carbocycles. The van der Waals surface area contributed by atoms with Gasteiger partial charge in [-0.15, -0.1) is 10.2 Å². The van der Waals surface area contributed by atoms with Crippen LogP contribution < -0.4 is 4.90 Å². The van der Waals surface area contributed by atoms with Gasteiger partial charge in [0.15, 0.2) is 11.5 Å². The number of hydrogen-bond acceptors (Lipinski definition) is 5. The van der Waals surface area contributed by atoms with E-state index < -0.39 is 5.41 Å². The minimum Gasteiger partial charge on any atom is -0.352 e. The third-order valence-electron chi connectivity index (χ3n) is 4.69. The molecule has 0 bridgehead atoms. The number of aromatic nitrogens is 2. The van der Waals surface area contributed by atoms with Gasteiger partial charge in [-0.05, 0) is 31.5 Å². The molecule has 1 fully saturated rings. The SMILES string of the molecule is CC(C)(C(=O)N1CCN(c2ccc(C#N)nn2)CC1)c1ccccc1. The molecule has 2 heterocycles. The van der Waals surface area contributed by atoms with Crippen LogP contribution in [0, 0.1) is 11.3 Å². The molecule has 0 unspecified atom stereocenters. The molecule has 0 atom stereocenters. The monoisotopic (exact) mass is 335 g/mol. The topological polar surface area (TPSA) is 73.1 Å². The molecule has 6 nitrogen and oxygen atoms in total. The molecule has 1 aliphatic rings. The third-order valence-corrected chi connectivity index (χ3v) is 4.69. The van der Waals surface area contributed by atoms with Gasteiger partial charge in [0.05, 0.1) is 5.41 Å². The van der Waals surface area contributed by atoms with Gasteiger partial charge in [-0.1, -0.05) is 30.3 Å². The van der Waals surface area contributed by atoms with Crippen LogP contribution in [-0.2, 0) is 10.2 Å². The summed E-state index contributed by atoms with van der Waals surface area (Å²) in [6.45, 7) is 6.66. The lowest BCUT2D eigenvalue weighted by Gasteiger charge is -2.39. The highest BCUT2D eigenvalue weighted by atomic mass is 16.2. The summed E-state index contributed by atoms with van der Waals surface area (Å²) in [4.78, 5) is 17.0. The van der Waals surface area contributed by atoms with Crippen LogP contribution in [0.4, 0.5) is 5.82 Å². The lowest BCUT2D eigenvalue weighted by molar-refractivity contribution is -0.136. The first kappa shape index (κ1) is 16.9. The van der Waals surface area contributed by atoms with Crippen molar-refractivity contribution in [3.8, 4) is 6.07 Å². The van der Waals surface area contributed by atoms with Crippen LogP contribution >= 0.6 is 0 Å². The van der Waals surface area contributed by atoms with Crippen LogP contribution in [0.15, 0.2) is 42.5 Å². The number of hydrogen-bond donors (Lipinski definition) is 0. The minimum absolute atomic E-state index is 0.143. The van der Waals surface area contributed by atoms with Gasteiger partial charge >= 0.3 is 0 Å². The van der Waals surface area contributed by atoms with E-state index in [9.17, 15) is 4.79 Å². The molecule has 2 aromatic rings. The van der Waals surface area contributed by atoms with Gasteiger partial charge in [-0.25, -0.2) is 0 Å². The van der Waals surface area contributed by atoms with Crippen molar-refractivity contribution < 1.29 is 4.79 Å². The lowest BCUT2D eigenvalue weighted by atomic mass is 9.83. The highest BCUT2D eigenvalue weighted by Gasteiger charge is 2.35. The standard InChI is InChI=1S/C19H21N5O/c1-19(2,15-6-4-3-5-7-15)18(25)24-12-10-23(11-13-24)17-9-8-16(14-20)21-22-17/h3-9H,10-13H2,1-2H3. The molecular formula is C19H21N5O. The number of nitrogens with zero attached hydrogens (tertiary/aromatic N) is 5. The van der Waals surface area contributed by atoms with Crippen molar-refractivity contribution in [2.45, 2.75) is 19.3 Å². The number of amides is 1. The number of rotatable bonds is 3. The first-order valence-corrected chi connectivity index (χ1v) is 8.36. The predicted octanol–water partition coefficient (Wildman–Crippen LogP) is 1.97. The van der Waals surface area contributed by atoms with Gasteiger partial charge in [0, 0.05) is 26.2 Å². The summed E-state index contributed by atoms with van der Waals surface area (Å²) in [7, 11) is 0. The summed E-state index contributed by atoms with van der Waals surface area (Å²) in [5.41, 5.74) is 0.792. The third kappa shape index (κ3) is 3.45. The lowest BCUT2D eigenvalue weighted by Crippen LogP contribution is -2.53. The van der Waals surface area contributed by atoms with E-state index in [4.69, 9.17) is 5.26 Å². The maximum Gasteiger partial charge on any atom is 0.232 e. The fourth-order valence-electron chi connectivity index (χ4n) is 3.07. The van der Waals surface area contributed by atoms with E-state index in [1.165, 1.54) is 0 Å². The molecule has 1 aromatic carbocycles. The molecule has 6 heteroatoms. The van der Waals surface area contributed by atoms with Crippen molar-refractivity contribution in [1.82, 2.24) is 15.1 Å². The Hall–Kier alpha value is -2.94. The first-order chi connectivity index (χ1) is 12.0. The van der Waals surface area contributed by atoms with Crippen LogP contribution in [-0.4, -0.2) is 47.2 Å². The van der Waals surface area contributed by atoms with E-state index in [2.05, 4.69) is 15.1 Å². The van der Waals surface area contributed by atoms with E-state index in [0.717, 1.165) is 11.4 Å². The van der Waals surface area contributed by atoms with Crippen LogP contribution in [0.1, 0.15) is 25.1 Å². The van der Waals surface area contributed by atoms with E-state index in [0.29, 0.717) is 31.9 Å². The summed E-state index contributed by atoms with van der Waals surface area (Å²) < 4.78 is 0. The Balaban J connectivity index is 1.65. The van der Waals surface area contributed by atoms with Crippen molar-refractivity contribution in [2.24, 2.45) is 0 Å². The molecule has 0 radical (unpaired) electrons. The second-order valence-electron chi connectivity index (χ2n) is 6.66. The fraction of sp³-hybridized carbons (Fsp3) is 0.368. The van der Waals surface area contributed by atoms with Gasteiger partial charge in [0.1, 0.15) is 6.07 Å². The predicted molar refractivity (Wildman–Crippen MR) is 95.0 cm³/mol. The Morgan fingerprint density at radius 2 is 1.72 bits per heavy atom. The van der Waals surface area contributed by atoms with E-state index in [1.54, 1.807) is 12.1 Å². The van der Waals surface area contributed by atoms with Crippen LogP contribution in [0.5, 0.6) is 0 Å². The van der Waals surface area contributed by atoms with E-state index >= 15 is 0 Å². The van der Waals surface area contributed by atoms with Crippen molar-refractivity contribution in [3.63, 3.8) is 0 Å². The molecule has 3 rings (SSSR count). The van der Waals surface area contributed by atoms with E-state index in [-0.39, 0.29) is 5.91 Å². The second kappa shape index (κ2) is 6.89. The summed E-state index contributed by atoms with van der Waals surface area (Å²) in [6, 6.07) is 15.3. The van der Waals surface area contributed by atoms with Crippen molar-refractivity contribution in [2.75, 3.05) is 31.1 Å². The quantitative estimate of drug-likeness (QED) is 0.857. The molecule has 128 valence electrons. The molecular weight excluding hydrogens is 314 g/mol. The Morgan fingerprint density at radius 1 is 1.04 bits per heavy atom. The molecule has 25 heavy (non-hydrogen) atoms. The summed E-state index contributed by atoms with van der Waals surface area (Å²) >= 11 is 0. The number of carbonyl (C=O) groups is 1. The summed E-state index contributed by atoms with van der Waals surface area (Å²) in [5.74, 6) is 0.887. The highest BCUT2D eigenvalue weighted by Crippen LogP contribution is 2.26. The molecule has 0 saturated carbocycles. The zero-order valence-corrected chi connectivity index (χ0v) is 14.5. The largest absolute Gasteiger partial charge is 0.352 e. The molecule has 0 N–H and O–H groups in total. The number of anilines is 1. The van der Waals surface area contributed by atoms with Crippen molar-refractivity contribution in [3.05, 3.63) is 53.7 Å². The Bertz CT molecular complexity index is 772. The van der Waals surface area contributed by atoms with E-state index in [1.807, 2.05) is 55.1 Å². The highest BCUT2D eigenvalue weighted by molar-refractivity contribution is 5.87. The van der Waals surface area contributed by atoms with Crippen LogP contribution in [0.2, 0.25) is 0 Å². The zero-order valence-electron chi connectivity index (χ0n) is 14.5. The number of carbonyl (C=O) groups excluding carboxylic acids is 1. The maximum absolute atomic E-state index is 13.0. The van der Waals surface area contributed by atoms with Gasteiger partial charge in [0.2, 0.25) is 5.91 Å². The van der Waals surface area contributed by atoms with Gasteiger partial charge in [0.25, 0.3) is 0 Å².